The monoisotopic (exact) mass is 258 g/mol. The second kappa shape index (κ2) is 4.24. The minimum atomic E-state index is 0.394. The fourth-order valence-electron chi connectivity index (χ4n) is 5.92. The van der Waals surface area contributed by atoms with Crippen molar-refractivity contribution >= 4 is 0 Å². The molecular weight excluding hydrogens is 228 g/mol. The first-order valence-corrected chi connectivity index (χ1v) is 8.29. The van der Waals surface area contributed by atoms with E-state index in [-0.39, 0.29) is 0 Å². The molecule has 0 nitrogen and oxygen atoms in total. The van der Waals surface area contributed by atoms with Gasteiger partial charge in [0.05, 0.1) is 0 Å². The summed E-state index contributed by atoms with van der Waals surface area (Å²) in [6.45, 7) is 16.3. The van der Waals surface area contributed by atoms with Crippen LogP contribution in [0.3, 0.4) is 0 Å². The molecule has 4 unspecified atom stereocenters. The molecule has 0 heterocycles. The molecule has 0 spiro atoms. The molecule has 0 radical (unpaired) electrons. The van der Waals surface area contributed by atoms with Crippen molar-refractivity contribution in [1.29, 1.82) is 0 Å². The summed E-state index contributed by atoms with van der Waals surface area (Å²) in [5.74, 6) is 2.42. The van der Waals surface area contributed by atoms with Gasteiger partial charge in [-0.05, 0) is 36.0 Å². The maximum atomic E-state index is 4.46. The van der Waals surface area contributed by atoms with E-state index in [1.54, 1.807) is 5.57 Å². The summed E-state index contributed by atoms with van der Waals surface area (Å²) in [5, 5.41) is 0. The van der Waals surface area contributed by atoms with Crippen LogP contribution in [0.2, 0.25) is 0 Å². The van der Waals surface area contributed by atoms with E-state index in [0.717, 1.165) is 11.8 Å². The van der Waals surface area contributed by atoms with Crippen molar-refractivity contribution in [1.82, 2.24) is 0 Å². The molecule has 3 aliphatic carbocycles. The third kappa shape index (κ3) is 1.52. The number of fused-ring (bicyclic) bond motifs is 1. The molecule has 3 fully saturated rings. The highest BCUT2D eigenvalue weighted by molar-refractivity contribution is 5.41. The largest absolute Gasteiger partial charge is 0.0995 e. The first kappa shape index (κ1) is 13.5. The molecule has 0 bridgehead atoms. The van der Waals surface area contributed by atoms with Crippen LogP contribution in [0.5, 0.6) is 0 Å². The Kier molecular flexibility index (Phi) is 3.00. The van der Waals surface area contributed by atoms with Crippen molar-refractivity contribution in [2.75, 3.05) is 0 Å². The van der Waals surface area contributed by atoms with Crippen molar-refractivity contribution in [3.8, 4) is 0 Å². The fourth-order valence-corrected chi connectivity index (χ4v) is 5.92. The number of hydrogen-bond donors (Lipinski definition) is 0. The molecule has 3 rings (SSSR count). The van der Waals surface area contributed by atoms with Gasteiger partial charge in [-0.15, -0.1) is 0 Å². The third-order valence-corrected chi connectivity index (χ3v) is 7.44. The molecule has 3 aliphatic rings. The van der Waals surface area contributed by atoms with Crippen molar-refractivity contribution in [3.05, 3.63) is 24.3 Å². The van der Waals surface area contributed by atoms with Crippen molar-refractivity contribution in [3.63, 3.8) is 0 Å². The Labute approximate surface area is 119 Å². The molecule has 0 saturated heterocycles. The van der Waals surface area contributed by atoms with Crippen LogP contribution in [0.15, 0.2) is 24.3 Å². The second-order valence-corrected chi connectivity index (χ2v) is 7.91. The van der Waals surface area contributed by atoms with Gasteiger partial charge in [0.25, 0.3) is 0 Å². The van der Waals surface area contributed by atoms with Crippen LogP contribution >= 0.6 is 0 Å². The van der Waals surface area contributed by atoms with Gasteiger partial charge in [0.15, 0.2) is 0 Å². The molecule has 3 saturated carbocycles. The minimum absolute atomic E-state index is 0.394. The summed E-state index contributed by atoms with van der Waals surface area (Å²) < 4.78 is 0. The highest BCUT2D eigenvalue weighted by atomic mass is 14.7. The van der Waals surface area contributed by atoms with Crippen LogP contribution in [0.1, 0.15) is 65.7 Å². The Balaban J connectivity index is 1.92. The van der Waals surface area contributed by atoms with Gasteiger partial charge < -0.3 is 0 Å². The highest BCUT2D eigenvalue weighted by Gasteiger charge is 2.67. The molecule has 0 heteroatoms. The van der Waals surface area contributed by atoms with Crippen LogP contribution in [-0.4, -0.2) is 0 Å². The number of allylic oxidation sites excluding steroid dienone is 2. The van der Waals surface area contributed by atoms with Gasteiger partial charge in [-0.25, -0.2) is 0 Å². The zero-order valence-electron chi connectivity index (χ0n) is 13.1. The zero-order valence-corrected chi connectivity index (χ0v) is 13.1. The van der Waals surface area contributed by atoms with E-state index < -0.39 is 0 Å². The molecule has 0 amide bonds. The van der Waals surface area contributed by atoms with E-state index in [2.05, 4.69) is 33.9 Å². The quantitative estimate of drug-likeness (QED) is 0.553. The normalized spacial score (nSPS) is 44.9. The lowest BCUT2D eigenvalue weighted by Crippen LogP contribution is -2.55. The van der Waals surface area contributed by atoms with Gasteiger partial charge >= 0.3 is 0 Å². The molecule has 4 atom stereocenters. The Hall–Kier alpha value is -0.520. The van der Waals surface area contributed by atoms with Gasteiger partial charge in [-0.1, -0.05) is 77.2 Å². The number of hydrogen-bond acceptors (Lipinski definition) is 0. The summed E-state index contributed by atoms with van der Waals surface area (Å²) in [7, 11) is 0. The van der Waals surface area contributed by atoms with E-state index in [0.29, 0.717) is 16.7 Å². The predicted molar refractivity (Wildman–Crippen MR) is 83.0 cm³/mol. The average Bonchev–Trinajstić information content (AvgIpc) is 2.57. The maximum absolute atomic E-state index is 4.46. The summed E-state index contributed by atoms with van der Waals surface area (Å²) in [6.07, 6.45) is 9.72. The standard InChI is InChI=1S/C19H30/c1-13-11-19(14(2)12-18(19,5)15(13)3)16(4)17-9-7-6-8-10-17/h15-17H,1-2,6-12H2,3-5H3. The first-order chi connectivity index (χ1) is 8.93. The molecule has 0 N–H and O–H groups in total. The highest BCUT2D eigenvalue weighted by Crippen LogP contribution is 2.76. The molecule has 0 aliphatic heterocycles. The third-order valence-electron chi connectivity index (χ3n) is 7.44. The van der Waals surface area contributed by atoms with Crippen molar-refractivity contribution in [2.24, 2.45) is 28.6 Å². The Morgan fingerprint density at radius 3 is 2.26 bits per heavy atom. The fraction of sp³-hybridized carbons (Fsp3) is 0.789. The predicted octanol–water partition coefficient (Wildman–Crippen LogP) is 5.75. The average molecular weight is 258 g/mol. The smallest absolute Gasteiger partial charge is 0.00371 e. The van der Waals surface area contributed by atoms with E-state index in [4.69, 9.17) is 0 Å². The topological polar surface area (TPSA) is 0 Å². The van der Waals surface area contributed by atoms with E-state index in [9.17, 15) is 0 Å². The first-order valence-electron chi connectivity index (χ1n) is 8.29. The SMILES string of the molecule is C=C1CC2(C(C)C3CCCCC3)C(=C)CC2(C)C1C. The van der Waals surface area contributed by atoms with E-state index in [1.807, 2.05) is 0 Å². The van der Waals surface area contributed by atoms with Crippen molar-refractivity contribution < 1.29 is 0 Å². The van der Waals surface area contributed by atoms with Gasteiger partial charge in [0, 0.05) is 5.41 Å². The summed E-state index contributed by atoms with van der Waals surface area (Å²) in [4.78, 5) is 0. The van der Waals surface area contributed by atoms with E-state index >= 15 is 0 Å². The molecule has 0 aromatic carbocycles. The van der Waals surface area contributed by atoms with Crippen LogP contribution in [0.25, 0.3) is 0 Å². The molecule has 0 aromatic heterocycles. The number of rotatable bonds is 2. The van der Waals surface area contributed by atoms with Crippen LogP contribution in [-0.2, 0) is 0 Å². The Bertz CT molecular complexity index is 412. The lowest BCUT2D eigenvalue weighted by Gasteiger charge is -2.62. The van der Waals surface area contributed by atoms with Gasteiger partial charge in [0.2, 0.25) is 0 Å². The van der Waals surface area contributed by atoms with Gasteiger partial charge in [0.1, 0.15) is 0 Å². The summed E-state index contributed by atoms with van der Waals surface area (Å²) in [5.41, 5.74) is 3.88. The van der Waals surface area contributed by atoms with E-state index in [1.165, 1.54) is 50.5 Å². The lowest BCUT2D eigenvalue weighted by molar-refractivity contribution is -0.0577. The molecule has 106 valence electrons. The Morgan fingerprint density at radius 2 is 1.74 bits per heavy atom. The van der Waals surface area contributed by atoms with Crippen LogP contribution in [0.4, 0.5) is 0 Å². The van der Waals surface area contributed by atoms with Crippen LogP contribution < -0.4 is 0 Å². The van der Waals surface area contributed by atoms with Gasteiger partial charge in [-0.2, -0.15) is 0 Å². The molecule has 0 aromatic rings. The van der Waals surface area contributed by atoms with Crippen molar-refractivity contribution in [2.45, 2.75) is 65.7 Å². The van der Waals surface area contributed by atoms with Gasteiger partial charge in [-0.3, -0.25) is 0 Å². The maximum Gasteiger partial charge on any atom is 0.00371 e. The van der Waals surface area contributed by atoms with Crippen LogP contribution in [0, 0.1) is 28.6 Å². The Morgan fingerprint density at radius 1 is 1.11 bits per heavy atom. The molecule has 19 heavy (non-hydrogen) atoms. The summed E-state index contributed by atoms with van der Waals surface area (Å²) >= 11 is 0. The lowest BCUT2D eigenvalue weighted by atomic mass is 9.42. The zero-order chi connectivity index (χ0) is 13.8. The minimum Gasteiger partial charge on any atom is -0.0995 e. The summed E-state index contributed by atoms with van der Waals surface area (Å²) in [6, 6.07) is 0. The second-order valence-electron chi connectivity index (χ2n) is 7.91. The molecular formula is C19H30.